The van der Waals surface area contributed by atoms with Crippen molar-refractivity contribution in [3.05, 3.63) is 24.6 Å². The molecule has 0 bridgehead atoms. The molecule has 5 heteroatoms. The summed E-state index contributed by atoms with van der Waals surface area (Å²) in [6.07, 6.45) is 4.05. The zero-order valence-electron chi connectivity index (χ0n) is 9.87. The monoisotopic (exact) mass is 246 g/mol. The number of aliphatic carboxylic acids is 1. The first-order chi connectivity index (χ1) is 8.77. The van der Waals surface area contributed by atoms with Crippen LogP contribution in [0.2, 0.25) is 0 Å². The van der Waals surface area contributed by atoms with Gasteiger partial charge in [0.1, 0.15) is 11.6 Å². The topological polar surface area (TPSA) is 66.6 Å². The maximum atomic E-state index is 11.3. The standard InChI is InChI=1S/C13H14N2O3/c16-13(17)10-4-1-2-7-15(10)9-5-3-6-11-12(9)14-8-18-11/h3,5-6,8,10H,1-2,4,7H2,(H,16,17). The summed E-state index contributed by atoms with van der Waals surface area (Å²) in [7, 11) is 0. The number of hydrogen-bond acceptors (Lipinski definition) is 4. The first-order valence-electron chi connectivity index (χ1n) is 6.09. The van der Waals surface area contributed by atoms with Crippen LogP contribution in [0.25, 0.3) is 11.1 Å². The largest absolute Gasteiger partial charge is 0.480 e. The van der Waals surface area contributed by atoms with Crippen LogP contribution in [0.5, 0.6) is 0 Å². The molecule has 2 heterocycles. The molecule has 0 amide bonds. The fraction of sp³-hybridized carbons (Fsp3) is 0.385. The van der Waals surface area contributed by atoms with Gasteiger partial charge in [0.05, 0.1) is 5.69 Å². The van der Waals surface area contributed by atoms with Gasteiger partial charge in [-0.15, -0.1) is 0 Å². The smallest absolute Gasteiger partial charge is 0.326 e. The normalized spacial score (nSPS) is 20.2. The Kier molecular flexibility index (Phi) is 2.66. The van der Waals surface area contributed by atoms with Gasteiger partial charge < -0.3 is 14.4 Å². The van der Waals surface area contributed by atoms with Gasteiger partial charge in [-0.2, -0.15) is 0 Å². The minimum atomic E-state index is -0.768. The lowest BCUT2D eigenvalue weighted by Crippen LogP contribution is -2.44. The zero-order chi connectivity index (χ0) is 12.5. The van der Waals surface area contributed by atoms with Gasteiger partial charge in [-0.3, -0.25) is 0 Å². The van der Waals surface area contributed by atoms with Gasteiger partial charge in [0.2, 0.25) is 0 Å². The predicted octanol–water partition coefficient (Wildman–Crippen LogP) is 2.27. The van der Waals surface area contributed by atoms with Gasteiger partial charge in [-0.1, -0.05) is 6.07 Å². The molecule has 1 fully saturated rings. The molecular weight excluding hydrogens is 232 g/mol. The number of aromatic nitrogens is 1. The Hall–Kier alpha value is -2.04. The quantitative estimate of drug-likeness (QED) is 0.880. The van der Waals surface area contributed by atoms with Gasteiger partial charge in [0.25, 0.3) is 0 Å². The van der Waals surface area contributed by atoms with E-state index in [0.29, 0.717) is 12.0 Å². The fourth-order valence-electron chi connectivity index (χ4n) is 2.58. The van der Waals surface area contributed by atoms with E-state index >= 15 is 0 Å². The van der Waals surface area contributed by atoms with Gasteiger partial charge in [0, 0.05) is 6.54 Å². The van der Waals surface area contributed by atoms with Crippen molar-refractivity contribution in [1.29, 1.82) is 0 Å². The lowest BCUT2D eigenvalue weighted by molar-refractivity contribution is -0.139. The average Bonchev–Trinajstić information content (AvgIpc) is 2.86. The summed E-state index contributed by atoms with van der Waals surface area (Å²) in [5.41, 5.74) is 2.29. The summed E-state index contributed by atoms with van der Waals surface area (Å²) in [6, 6.07) is 5.16. The minimum Gasteiger partial charge on any atom is -0.480 e. The summed E-state index contributed by atoms with van der Waals surface area (Å²) in [4.78, 5) is 17.4. The molecular formula is C13H14N2O3. The molecule has 0 radical (unpaired) electrons. The van der Waals surface area contributed by atoms with E-state index < -0.39 is 12.0 Å². The van der Waals surface area contributed by atoms with Crippen LogP contribution in [0.3, 0.4) is 0 Å². The maximum Gasteiger partial charge on any atom is 0.326 e. The van der Waals surface area contributed by atoms with Crippen LogP contribution in [0.15, 0.2) is 29.0 Å². The number of benzene rings is 1. The second-order valence-corrected chi connectivity index (χ2v) is 4.52. The summed E-state index contributed by atoms with van der Waals surface area (Å²) in [6.45, 7) is 0.753. The number of piperidine rings is 1. The van der Waals surface area contributed by atoms with Crippen LogP contribution in [0, 0.1) is 0 Å². The van der Waals surface area contributed by atoms with E-state index in [1.165, 1.54) is 6.39 Å². The van der Waals surface area contributed by atoms with Crippen LogP contribution in [-0.2, 0) is 4.79 Å². The molecule has 2 aromatic rings. The Morgan fingerprint density at radius 2 is 2.33 bits per heavy atom. The van der Waals surface area contributed by atoms with Gasteiger partial charge in [0.15, 0.2) is 12.0 Å². The van der Waals surface area contributed by atoms with Gasteiger partial charge in [-0.05, 0) is 31.4 Å². The van der Waals surface area contributed by atoms with E-state index in [9.17, 15) is 9.90 Å². The first-order valence-corrected chi connectivity index (χ1v) is 6.09. The summed E-state index contributed by atoms with van der Waals surface area (Å²) in [5.74, 6) is -0.768. The minimum absolute atomic E-state index is 0.457. The van der Waals surface area contributed by atoms with Crippen molar-refractivity contribution in [2.75, 3.05) is 11.4 Å². The van der Waals surface area contributed by atoms with Crippen molar-refractivity contribution in [2.45, 2.75) is 25.3 Å². The second-order valence-electron chi connectivity index (χ2n) is 4.52. The lowest BCUT2D eigenvalue weighted by Gasteiger charge is -2.34. The number of fused-ring (bicyclic) bond motifs is 1. The first kappa shape index (κ1) is 11.1. The van der Waals surface area contributed by atoms with Crippen molar-refractivity contribution in [2.24, 2.45) is 0 Å². The van der Waals surface area contributed by atoms with Crippen molar-refractivity contribution in [3.63, 3.8) is 0 Å². The van der Waals surface area contributed by atoms with Crippen LogP contribution in [-0.4, -0.2) is 28.6 Å². The summed E-state index contributed by atoms with van der Waals surface area (Å²) >= 11 is 0. The van der Waals surface area contributed by atoms with Crippen molar-refractivity contribution >= 4 is 22.8 Å². The molecule has 1 aliphatic heterocycles. The molecule has 1 N–H and O–H groups in total. The third-order valence-electron chi connectivity index (χ3n) is 3.44. The molecule has 0 saturated carbocycles. The molecule has 1 aromatic heterocycles. The van der Waals surface area contributed by atoms with Crippen LogP contribution in [0.4, 0.5) is 5.69 Å². The maximum absolute atomic E-state index is 11.3. The van der Waals surface area contributed by atoms with E-state index in [1.54, 1.807) is 0 Å². The van der Waals surface area contributed by atoms with E-state index in [0.717, 1.165) is 30.6 Å². The molecule has 3 rings (SSSR count). The Morgan fingerprint density at radius 3 is 3.17 bits per heavy atom. The van der Waals surface area contributed by atoms with E-state index in [-0.39, 0.29) is 0 Å². The van der Waals surface area contributed by atoms with Gasteiger partial charge >= 0.3 is 5.97 Å². The van der Waals surface area contributed by atoms with Crippen molar-refractivity contribution < 1.29 is 14.3 Å². The van der Waals surface area contributed by atoms with Crippen LogP contribution >= 0.6 is 0 Å². The number of nitrogens with zero attached hydrogens (tertiary/aromatic N) is 2. The molecule has 0 spiro atoms. The van der Waals surface area contributed by atoms with E-state index in [1.807, 2.05) is 23.1 Å². The highest BCUT2D eigenvalue weighted by Crippen LogP contribution is 2.30. The third-order valence-corrected chi connectivity index (χ3v) is 3.44. The number of hydrogen-bond donors (Lipinski definition) is 1. The average molecular weight is 246 g/mol. The third kappa shape index (κ3) is 1.72. The molecule has 94 valence electrons. The molecule has 1 unspecified atom stereocenters. The number of carbonyl (C=O) groups is 1. The number of anilines is 1. The molecule has 18 heavy (non-hydrogen) atoms. The Morgan fingerprint density at radius 1 is 1.44 bits per heavy atom. The molecule has 5 nitrogen and oxygen atoms in total. The number of para-hydroxylation sites is 1. The van der Waals surface area contributed by atoms with Crippen LogP contribution < -0.4 is 4.90 Å². The summed E-state index contributed by atoms with van der Waals surface area (Å²) in [5, 5.41) is 9.31. The molecule has 0 aliphatic carbocycles. The van der Waals surface area contributed by atoms with E-state index in [2.05, 4.69) is 4.98 Å². The van der Waals surface area contributed by atoms with E-state index in [4.69, 9.17) is 4.42 Å². The SMILES string of the molecule is O=C(O)C1CCCCN1c1cccc2ocnc12. The Balaban J connectivity index is 2.06. The number of oxazole rings is 1. The number of carboxylic acids is 1. The highest BCUT2D eigenvalue weighted by Gasteiger charge is 2.29. The lowest BCUT2D eigenvalue weighted by atomic mass is 10.0. The molecule has 1 aromatic carbocycles. The summed E-state index contributed by atoms with van der Waals surface area (Å²) < 4.78 is 5.26. The number of rotatable bonds is 2. The van der Waals surface area contributed by atoms with Gasteiger partial charge in [-0.25, -0.2) is 9.78 Å². The highest BCUT2D eigenvalue weighted by molar-refractivity contribution is 5.90. The number of carboxylic acid groups (broad SMARTS) is 1. The Bertz CT molecular complexity index is 578. The predicted molar refractivity (Wildman–Crippen MR) is 66.6 cm³/mol. The van der Waals surface area contributed by atoms with Crippen molar-refractivity contribution in [1.82, 2.24) is 4.98 Å². The zero-order valence-corrected chi connectivity index (χ0v) is 9.87. The Labute approximate surface area is 104 Å². The molecule has 1 aliphatic rings. The fourth-order valence-corrected chi connectivity index (χ4v) is 2.58. The molecule has 1 saturated heterocycles. The second kappa shape index (κ2) is 4.33. The highest BCUT2D eigenvalue weighted by atomic mass is 16.4. The van der Waals surface area contributed by atoms with Crippen LogP contribution in [0.1, 0.15) is 19.3 Å². The molecule has 1 atom stereocenters. The van der Waals surface area contributed by atoms with Crippen molar-refractivity contribution in [3.8, 4) is 0 Å².